The van der Waals surface area contributed by atoms with Gasteiger partial charge in [-0.3, -0.25) is 9.69 Å². The number of anilines is 1. The normalized spacial score (nSPS) is 15.1. The van der Waals surface area contributed by atoms with E-state index in [1.165, 1.54) is 5.56 Å². The van der Waals surface area contributed by atoms with Crippen LogP contribution in [-0.4, -0.2) is 79.8 Å². The lowest BCUT2D eigenvalue weighted by molar-refractivity contribution is 0.0773. The Morgan fingerprint density at radius 1 is 1.12 bits per heavy atom. The molecule has 0 saturated carbocycles. The fourth-order valence-electron chi connectivity index (χ4n) is 4.75. The number of carbonyl (C=O) groups is 1. The predicted octanol–water partition coefficient (Wildman–Crippen LogP) is 3.83. The number of aliphatic hydroxyl groups excluding tert-OH is 1. The van der Waals surface area contributed by atoms with Crippen LogP contribution in [0, 0.1) is 0 Å². The third-order valence-electron chi connectivity index (χ3n) is 6.74. The van der Waals surface area contributed by atoms with Gasteiger partial charge in [0.2, 0.25) is 0 Å². The Hall–Kier alpha value is -2.83. The first-order valence-electron chi connectivity index (χ1n) is 12.3. The van der Waals surface area contributed by atoms with E-state index >= 15 is 0 Å². The van der Waals surface area contributed by atoms with E-state index in [-0.39, 0.29) is 18.6 Å². The van der Waals surface area contributed by atoms with Crippen molar-refractivity contribution in [3.05, 3.63) is 71.8 Å². The molecule has 1 aliphatic heterocycles. The van der Waals surface area contributed by atoms with Gasteiger partial charge in [-0.2, -0.15) is 0 Å². The smallest absolute Gasteiger partial charge is 0.253 e. The number of amides is 1. The van der Waals surface area contributed by atoms with Crippen molar-refractivity contribution in [2.75, 3.05) is 57.9 Å². The lowest BCUT2D eigenvalue weighted by Gasteiger charge is -2.40. The van der Waals surface area contributed by atoms with Crippen LogP contribution in [0.15, 0.2) is 55.1 Å². The number of benzene rings is 2. The molecule has 3 rings (SSSR count). The molecule has 1 aliphatic rings. The summed E-state index contributed by atoms with van der Waals surface area (Å²) in [6.07, 6.45) is 3.44. The average Bonchev–Trinajstić information content (AvgIpc) is 2.88. The van der Waals surface area contributed by atoms with Crippen molar-refractivity contribution in [2.24, 2.45) is 0 Å². The Balaban J connectivity index is 1.77. The molecule has 1 heterocycles. The molecule has 1 N–H and O–H groups in total. The first kappa shape index (κ1) is 25.8. The minimum absolute atomic E-state index is 0.0779. The van der Waals surface area contributed by atoms with Gasteiger partial charge in [-0.15, -0.1) is 6.58 Å². The Kier molecular flexibility index (Phi) is 9.54. The maximum absolute atomic E-state index is 12.6. The molecule has 1 fully saturated rings. The number of rotatable bonds is 11. The Morgan fingerprint density at radius 2 is 1.79 bits per heavy atom. The van der Waals surface area contributed by atoms with Crippen LogP contribution in [0.2, 0.25) is 0 Å². The van der Waals surface area contributed by atoms with Gasteiger partial charge in [0.15, 0.2) is 0 Å². The Morgan fingerprint density at radius 3 is 2.35 bits per heavy atom. The van der Waals surface area contributed by atoms with Gasteiger partial charge < -0.3 is 19.6 Å². The first-order chi connectivity index (χ1) is 16.6. The van der Waals surface area contributed by atoms with E-state index < -0.39 is 0 Å². The van der Waals surface area contributed by atoms with Gasteiger partial charge >= 0.3 is 0 Å². The van der Waals surface area contributed by atoms with Gasteiger partial charge in [0.1, 0.15) is 5.75 Å². The number of hydrogen-bond acceptors (Lipinski definition) is 5. The highest BCUT2D eigenvalue weighted by Gasteiger charge is 2.25. The van der Waals surface area contributed by atoms with Crippen LogP contribution in [0.4, 0.5) is 5.69 Å². The number of methoxy groups -OCH3 is 1. The number of para-hydroxylation sites is 1. The number of piperazine rings is 1. The van der Waals surface area contributed by atoms with Gasteiger partial charge in [0.05, 0.1) is 19.4 Å². The Bertz CT molecular complexity index is 932. The predicted molar refractivity (Wildman–Crippen MR) is 139 cm³/mol. The maximum atomic E-state index is 12.6. The summed E-state index contributed by atoms with van der Waals surface area (Å²) in [5, 5.41) is 9.75. The van der Waals surface area contributed by atoms with E-state index in [1.807, 2.05) is 49.1 Å². The number of aliphatic hydroxyl groups is 1. The molecular formula is C28H39N3O3. The van der Waals surface area contributed by atoms with Crippen LogP contribution in [0.3, 0.4) is 0 Å². The molecule has 1 atom stereocenters. The van der Waals surface area contributed by atoms with E-state index in [2.05, 4.69) is 34.6 Å². The second-order valence-corrected chi connectivity index (χ2v) is 8.70. The second kappa shape index (κ2) is 12.6. The van der Waals surface area contributed by atoms with Crippen LogP contribution in [0.5, 0.6) is 5.75 Å². The molecule has 1 saturated heterocycles. The van der Waals surface area contributed by atoms with Gasteiger partial charge in [-0.25, -0.2) is 0 Å². The lowest BCUT2D eigenvalue weighted by atomic mass is 10.00. The second-order valence-electron chi connectivity index (χ2n) is 8.70. The Labute approximate surface area is 204 Å². The zero-order valence-electron chi connectivity index (χ0n) is 20.9. The van der Waals surface area contributed by atoms with Crippen LogP contribution >= 0.6 is 0 Å². The quantitative estimate of drug-likeness (QED) is 0.511. The monoisotopic (exact) mass is 465 g/mol. The summed E-state index contributed by atoms with van der Waals surface area (Å²) in [6, 6.07) is 14.3. The van der Waals surface area contributed by atoms with Gasteiger partial charge in [-0.05, 0) is 56.0 Å². The van der Waals surface area contributed by atoms with E-state index in [0.717, 1.165) is 61.6 Å². The van der Waals surface area contributed by atoms with Crippen LogP contribution in [0.25, 0.3) is 0 Å². The molecule has 0 aromatic heterocycles. The number of carbonyl (C=O) groups excluding carboxylic acids is 1. The van der Waals surface area contributed by atoms with E-state index in [9.17, 15) is 9.90 Å². The molecule has 0 aliphatic carbocycles. The summed E-state index contributed by atoms with van der Waals surface area (Å²) in [7, 11) is 1.72. The number of nitrogens with zero attached hydrogens (tertiary/aromatic N) is 3. The van der Waals surface area contributed by atoms with Gasteiger partial charge in [-0.1, -0.05) is 30.3 Å². The molecule has 184 valence electrons. The highest BCUT2D eigenvalue weighted by Crippen LogP contribution is 2.34. The first-order valence-corrected chi connectivity index (χ1v) is 12.3. The molecule has 0 spiro atoms. The zero-order valence-corrected chi connectivity index (χ0v) is 20.9. The highest BCUT2D eigenvalue weighted by molar-refractivity contribution is 5.94. The van der Waals surface area contributed by atoms with Gasteiger partial charge in [0.25, 0.3) is 5.91 Å². The van der Waals surface area contributed by atoms with E-state index in [4.69, 9.17) is 4.74 Å². The van der Waals surface area contributed by atoms with Crippen LogP contribution in [-0.2, 0) is 6.42 Å². The van der Waals surface area contributed by atoms with Crippen molar-refractivity contribution in [3.8, 4) is 5.75 Å². The average molecular weight is 466 g/mol. The summed E-state index contributed by atoms with van der Waals surface area (Å²) in [6.45, 7) is 12.9. The lowest BCUT2D eigenvalue weighted by Crippen LogP contribution is -2.51. The van der Waals surface area contributed by atoms with Crippen molar-refractivity contribution in [1.82, 2.24) is 9.80 Å². The van der Waals surface area contributed by atoms with Crippen molar-refractivity contribution >= 4 is 11.6 Å². The largest absolute Gasteiger partial charge is 0.495 e. The molecule has 6 nitrogen and oxygen atoms in total. The molecule has 1 amide bonds. The summed E-state index contributed by atoms with van der Waals surface area (Å²) in [5.74, 6) is 0.957. The number of ether oxygens (including phenoxy) is 1. The fraction of sp³-hybridized carbons (Fsp3) is 0.464. The minimum Gasteiger partial charge on any atom is -0.495 e. The SMILES string of the molecule is C=CCC(CO)N1CCN(c2c(Cc3ccc(C(=O)N(CC)CC)cc3)cccc2OC)CC1. The molecule has 1 unspecified atom stereocenters. The van der Waals surface area contributed by atoms with Crippen molar-refractivity contribution in [2.45, 2.75) is 32.7 Å². The maximum Gasteiger partial charge on any atom is 0.253 e. The topological polar surface area (TPSA) is 56.2 Å². The van der Waals surface area contributed by atoms with E-state index in [1.54, 1.807) is 7.11 Å². The van der Waals surface area contributed by atoms with Crippen molar-refractivity contribution in [3.63, 3.8) is 0 Å². The molecule has 2 aromatic carbocycles. The van der Waals surface area contributed by atoms with Crippen LogP contribution < -0.4 is 9.64 Å². The zero-order chi connectivity index (χ0) is 24.5. The summed E-state index contributed by atoms with van der Waals surface area (Å²) < 4.78 is 5.75. The van der Waals surface area contributed by atoms with Gasteiger partial charge in [0, 0.05) is 50.9 Å². The number of hydrogen-bond donors (Lipinski definition) is 1. The third-order valence-corrected chi connectivity index (χ3v) is 6.74. The van der Waals surface area contributed by atoms with Crippen molar-refractivity contribution in [1.29, 1.82) is 0 Å². The summed E-state index contributed by atoms with van der Waals surface area (Å²) in [4.78, 5) is 19.2. The van der Waals surface area contributed by atoms with Crippen molar-refractivity contribution < 1.29 is 14.6 Å². The van der Waals surface area contributed by atoms with Crippen LogP contribution in [0.1, 0.15) is 41.8 Å². The molecule has 0 bridgehead atoms. The molecule has 2 aromatic rings. The molecule has 0 radical (unpaired) electrons. The minimum atomic E-state index is 0.0779. The summed E-state index contributed by atoms with van der Waals surface area (Å²) >= 11 is 0. The third kappa shape index (κ3) is 5.99. The van der Waals surface area contributed by atoms with E-state index in [0.29, 0.717) is 13.1 Å². The fourth-order valence-corrected chi connectivity index (χ4v) is 4.75. The molecule has 34 heavy (non-hydrogen) atoms. The highest BCUT2D eigenvalue weighted by atomic mass is 16.5. The standard InChI is InChI=1S/C28H39N3O3/c1-5-9-25(21-32)30-16-18-31(19-17-30)27-24(10-8-11-26(27)34-4)20-22-12-14-23(15-13-22)28(33)29(6-2)7-3/h5,8,10-15,25,32H,1,6-7,9,16-21H2,2-4H3. The summed E-state index contributed by atoms with van der Waals surface area (Å²) in [5.41, 5.74) is 4.24. The molecule has 6 heteroatoms. The molecular weight excluding hydrogens is 426 g/mol.